The maximum atomic E-state index is 11.9. The Kier molecular flexibility index (Phi) is 6.72. The van der Waals surface area contributed by atoms with Gasteiger partial charge in [-0.2, -0.15) is 0 Å². The largest absolute Gasteiger partial charge is 0.368 e. The van der Waals surface area contributed by atoms with Crippen LogP contribution in [0, 0.1) is 0 Å². The lowest BCUT2D eigenvalue weighted by Gasteiger charge is -2.25. The minimum Gasteiger partial charge on any atom is -0.368 e. The lowest BCUT2D eigenvalue weighted by atomic mass is 10.1. The Hall–Kier alpha value is -1.10. The van der Waals surface area contributed by atoms with Gasteiger partial charge in [-0.25, -0.2) is 0 Å². The van der Waals surface area contributed by atoms with E-state index in [4.69, 9.17) is 5.73 Å². The second-order valence-corrected chi connectivity index (χ2v) is 3.76. The first-order valence-electron chi connectivity index (χ1n) is 5.81. The third-order valence-corrected chi connectivity index (χ3v) is 2.65. The van der Waals surface area contributed by atoms with E-state index in [0.717, 1.165) is 0 Å². The average Bonchev–Trinajstić information content (AvgIpc) is 2.26. The number of rotatable bonds is 7. The third-order valence-electron chi connectivity index (χ3n) is 2.65. The minimum absolute atomic E-state index is 0.00435. The molecule has 0 aromatic carbocycles. The number of nitrogens with two attached hydrogens (primary N) is 1. The summed E-state index contributed by atoms with van der Waals surface area (Å²) in [6.45, 7) is 8.83. The molecular weight excluding hydrogens is 206 g/mol. The SMILES string of the molecule is CCC(NC(C)C(=O)N(CC)CC)C(N)=O. The van der Waals surface area contributed by atoms with E-state index < -0.39 is 11.9 Å². The van der Waals surface area contributed by atoms with Crippen molar-refractivity contribution in [1.29, 1.82) is 0 Å². The van der Waals surface area contributed by atoms with Gasteiger partial charge >= 0.3 is 0 Å². The molecule has 16 heavy (non-hydrogen) atoms. The lowest BCUT2D eigenvalue weighted by Crippen LogP contribution is -2.51. The Morgan fingerprint density at radius 1 is 1.25 bits per heavy atom. The monoisotopic (exact) mass is 229 g/mol. The molecule has 2 amide bonds. The van der Waals surface area contributed by atoms with Gasteiger partial charge < -0.3 is 10.6 Å². The van der Waals surface area contributed by atoms with Crippen LogP contribution in [0.2, 0.25) is 0 Å². The maximum Gasteiger partial charge on any atom is 0.239 e. The predicted molar refractivity (Wildman–Crippen MR) is 63.8 cm³/mol. The van der Waals surface area contributed by atoms with Crippen molar-refractivity contribution >= 4 is 11.8 Å². The number of amides is 2. The molecule has 3 N–H and O–H groups in total. The van der Waals surface area contributed by atoms with Gasteiger partial charge in [0.1, 0.15) is 0 Å². The van der Waals surface area contributed by atoms with Gasteiger partial charge in [-0.3, -0.25) is 14.9 Å². The van der Waals surface area contributed by atoms with Crippen LogP contribution >= 0.6 is 0 Å². The molecular formula is C11H23N3O2. The van der Waals surface area contributed by atoms with Crippen molar-refractivity contribution in [2.45, 2.75) is 46.2 Å². The van der Waals surface area contributed by atoms with E-state index in [1.165, 1.54) is 0 Å². The van der Waals surface area contributed by atoms with E-state index in [1.807, 2.05) is 20.8 Å². The molecule has 0 radical (unpaired) electrons. The van der Waals surface area contributed by atoms with Crippen LogP contribution in [0.25, 0.3) is 0 Å². The van der Waals surface area contributed by atoms with Gasteiger partial charge in [0.2, 0.25) is 11.8 Å². The van der Waals surface area contributed by atoms with Gasteiger partial charge in [-0.1, -0.05) is 6.92 Å². The fourth-order valence-corrected chi connectivity index (χ4v) is 1.58. The van der Waals surface area contributed by atoms with Gasteiger partial charge in [0, 0.05) is 13.1 Å². The summed E-state index contributed by atoms with van der Waals surface area (Å²) < 4.78 is 0. The van der Waals surface area contributed by atoms with Crippen LogP contribution in [0.4, 0.5) is 0 Å². The average molecular weight is 229 g/mol. The Labute approximate surface area is 97.4 Å². The number of likely N-dealkylation sites (N-methyl/N-ethyl adjacent to an activating group) is 1. The van der Waals surface area contributed by atoms with Crippen molar-refractivity contribution in [2.24, 2.45) is 5.73 Å². The molecule has 2 unspecified atom stereocenters. The van der Waals surface area contributed by atoms with Crippen molar-refractivity contribution in [3.05, 3.63) is 0 Å². The zero-order valence-corrected chi connectivity index (χ0v) is 10.6. The molecule has 0 fully saturated rings. The fourth-order valence-electron chi connectivity index (χ4n) is 1.58. The number of primary amides is 1. The molecule has 0 spiro atoms. The third kappa shape index (κ3) is 4.18. The van der Waals surface area contributed by atoms with Crippen LogP contribution in [0.15, 0.2) is 0 Å². The summed E-state index contributed by atoms with van der Waals surface area (Å²) in [7, 11) is 0. The summed E-state index contributed by atoms with van der Waals surface area (Å²) in [5.41, 5.74) is 5.21. The molecule has 0 saturated carbocycles. The quantitative estimate of drug-likeness (QED) is 0.650. The van der Waals surface area contributed by atoms with Gasteiger partial charge in [-0.05, 0) is 27.2 Å². The van der Waals surface area contributed by atoms with Gasteiger partial charge in [-0.15, -0.1) is 0 Å². The molecule has 0 aromatic rings. The zero-order chi connectivity index (χ0) is 12.7. The number of nitrogens with one attached hydrogen (secondary N) is 1. The summed E-state index contributed by atoms with van der Waals surface area (Å²) in [5.74, 6) is -0.411. The topological polar surface area (TPSA) is 75.4 Å². The molecule has 0 rings (SSSR count). The van der Waals surface area contributed by atoms with Crippen molar-refractivity contribution < 1.29 is 9.59 Å². The molecule has 0 heterocycles. The first-order chi connectivity index (χ1) is 7.47. The highest BCUT2D eigenvalue weighted by Gasteiger charge is 2.22. The van der Waals surface area contributed by atoms with Crippen LogP contribution in [-0.4, -0.2) is 41.9 Å². The van der Waals surface area contributed by atoms with Crippen LogP contribution in [-0.2, 0) is 9.59 Å². The first kappa shape index (κ1) is 14.9. The molecule has 0 saturated heterocycles. The van der Waals surface area contributed by atoms with E-state index in [-0.39, 0.29) is 11.9 Å². The second-order valence-electron chi connectivity index (χ2n) is 3.76. The maximum absolute atomic E-state index is 11.9. The predicted octanol–water partition coefficient (Wildman–Crippen LogP) is 0.0968. The highest BCUT2D eigenvalue weighted by atomic mass is 16.2. The van der Waals surface area contributed by atoms with Crippen molar-refractivity contribution in [1.82, 2.24) is 10.2 Å². The Morgan fingerprint density at radius 2 is 1.75 bits per heavy atom. The highest BCUT2D eigenvalue weighted by molar-refractivity contribution is 5.84. The molecule has 0 aromatic heterocycles. The molecule has 0 bridgehead atoms. The van der Waals surface area contributed by atoms with Gasteiger partial charge in [0.15, 0.2) is 0 Å². The number of carbonyl (C=O) groups excluding carboxylic acids is 2. The molecule has 0 aliphatic rings. The van der Waals surface area contributed by atoms with Crippen molar-refractivity contribution in [2.75, 3.05) is 13.1 Å². The molecule has 0 aliphatic carbocycles. The number of hydrogen-bond acceptors (Lipinski definition) is 3. The van der Waals surface area contributed by atoms with Crippen LogP contribution in [0.1, 0.15) is 34.1 Å². The molecule has 0 aliphatic heterocycles. The van der Waals surface area contributed by atoms with E-state index >= 15 is 0 Å². The van der Waals surface area contributed by atoms with E-state index in [2.05, 4.69) is 5.32 Å². The van der Waals surface area contributed by atoms with Crippen LogP contribution < -0.4 is 11.1 Å². The smallest absolute Gasteiger partial charge is 0.239 e. The number of hydrogen-bond donors (Lipinski definition) is 2. The van der Waals surface area contributed by atoms with Crippen molar-refractivity contribution in [3.8, 4) is 0 Å². The van der Waals surface area contributed by atoms with E-state index in [0.29, 0.717) is 19.5 Å². The Balaban J connectivity index is 4.38. The molecule has 5 nitrogen and oxygen atoms in total. The van der Waals surface area contributed by atoms with Gasteiger partial charge in [0.25, 0.3) is 0 Å². The molecule has 5 heteroatoms. The van der Waals surface area contributed by atoms with E-state index in [9.17, 15) is 9.59 Å². The van der Waals surface area contributed by atoms with Gasteiger partial charge in [0.05, 0.1) is 12.1 Å². The zero-order valence-electron chi connectivity index (χ0n) is 10.6. The highest BCUT2D eigenvalue weighted by Crippen LogP contribution is 1.98. The summed E-state index contributed by atoms with van der Waals surface area (Å²) >= 11 is 0. The van der Waals surface area contributed by atoms with Crippen LogP contribution in [0.3, 0.4) is 0 Å². The Bertz CT molecular complexity index is 239. The molecule has 94 valence electrons. The fraction of sp³-hybridized carbons (Fsp3) is 0.818. The summed E-state index contributed by atoms with van der Waals surface area (Å²) in [6.07, 6.45) is 0.588. The summed E-state index contributed by atoms with van der Waals surface area (Å²) in [6, 6.07) is -0.813. The first-order valence-corrected chi connectivity index (χ1v) is 5.81. The summed E-state index contributed by atoms with van der Waals surface area (Å²) in [4.78, 5) is 24.7. The van der Waals surface area contributed by atoms with E-state index in [1.54, 1.807) is 11.8 Å². The number of carbonyl (C=O) groups is 2. The number of nitrogens with zero attached hydrogens (tertiary/aromatic N) is 1. The Morgan fingerprint density at radius 3 is 2.06 bits per heavy atom. The van der Waals surface area contributed by atoms with Crippen LogP contribution in [0.5, 0.6) is 0 Å². The van der Waals surface area contributed by atoms with Crippen molar-refractivity contribution in [3.63, 3.8) is 0 Å². The minimum atomic E-state index is -0.436. The molecule has 2 atom stereocenters. The summed E-state index contributed by atoms with van der Waals surface area (Å²) in [5, 5.41) is 2.95. The normalized spacial score (nSPS) is 14.2. The second kappa shape index (κ2) is 7.22. The lowest BCUT2D eigenvalue weighted by molar-refractivity contribution is -0.133. The standard InChI is InChI=1S/C11H23N3O2/c1-5-9(10(12)15)13-8(4)11(16)14(6-2)7-3/h8-9,13H,5-7H2,1-4H3,(H2,12,15).